The largest absolute Gasteiger partial charge is 0.495 e. The van der Waals surface area contributed by atoms with E-state index < -0.39 is 0 Å². The third-order valence-electron chi connectivity index (χ3n) is 2.38. The molecule has 19 heavy (non-hydrogen) atoms. The van der Waals surface area contributed by atoms with Crippen LogP contribution in [0.1, 0.15) is 5.56 Å². The Morgan fingerprint density at radius 3 is 2.79 bits per heavy atom. The average molecular weight is 256 g/mol. The summed E-state index contributed by atoms with van der Waals surface area (Å²) in [5, 5.41) is 11.9. The number of nitrogens with two attached hydrogens (primary N) is 1. The fourth-order valence-electron chi connectivity index (χ4n) is 1.50. The van der Waals surface area contributed by atoms with Crippen molar-refractivity contribution in [3.8, 4) is 11.8 Å². The van der Waals surface area contributed by atoms with Crippen LogP contribution in [0.3, 0.4) is 0 Å². The summed E-state index contributed by atoms with van der Waals surface area (Å²) in [5.41, 5.74) is 3.62. The standard InChI is InChI=1S/C12H12N6O/c1-19-10-4-8(5-13)2-3-9(10)16-11-6-15-7-12(17-11)18-14/h2-4,6-7H,14H2,1H3,(H2,16,17,18). The highest BCUT2D eigenvalue weighted by Crippen LogP contribution is 2.27. The summed E-state index contributed by atoms with van der Waals surface area (Å²) in [7, 11) is 1.53. The van der Waals surface area contributed by atoms with Crippen molar-refractivity contribution in [2.24, 2.45) is 5.84 Å². The molecule has 1 aromatic carbocycles. The Labute approximate surface area is 110 Å². The van der Waals surface area contributed by atoms with Gasteiger partial charge in [0, 0.05) is 6.07 Å². The summed E-state index contributed by atoms with van der Waals surface area (Å²) < 4.78 is 5.21. The monoisotopic (exact) mass is 256 g/mol. The highest BCUT2D eigenvalue weighted by molar-refractivity contribution is 5.66. The first kappa shape index (κ1) is 12.6. The smallest absolute Gasteiger partial charge is 0.160 e. The van der Waals surface area contributed by atoms with Crippen molar-refractivity contribution in [3.63, 3.8) is 0 Å². The van der Waals surface area contributed by atoms with Crippen LogP contribution in [0.5, 0.6) is 5.75 Å². The maximum absolute atomic E-state index is 8.84. The lowest BCUT2D eigenvalue weighted by Crippen LogP contribution is -2.09. The van der Waals surface area contributed by atoms with E-state index in [1.54, 1.807) is 24.4 Å². The minimum Gasteiger partial charge on any atom is -0.495 e. The molecule has 0 atom stereocenters. The van der Waals surface area contributed by atoms with Crippen molar-refractivity contribution in [1.29, 1.82) is 5.26 Å². The van der Waals surface area contributed by atoms with Gasteiger partial charge in [-0.2, -0.15) is 5.26 Å². The van der Waals surface area contributed by atoms with Gasteiger partial charge in [-0.1, -0.05) is 0 Å². The van der Waals surface area contributed by atoms with E-state index in [2.05, 4.69) is 20.7 Å². The van der Waals surface area contributed by atoms with E-state index >= 15 is 0 Å². The van der Waals surface area contributed by atoms with Crippen LogP contribution in [-0.2, 0) is 0 Å². The van der Waals surface area contributed by atoms with E-state index in [1.807, 2.05) is 6.07 Å². The molecular weight excluding hydrogens is 244 g/mol. The molecule has 2 rings (SSSR count). The predicted octanol–water partition coefficient (Wildman–Crippen LogP) is 1.39. The van der Waals surface area contributed by atoms with Gasteiger partial charge in [0.25, 0.3) is 0 Å². The highest BCUT2D eigenvalue weighted by Gasteiger charge is 2.06. The molecule has 1 heterocycles. The molecule has 0 bridgehead atoms. The topological polar surface area (TPSA) is 109 Å². The Balaban J connectivity index is 2.30. The summed E-state index contributed by atoms with van der Waals surface area (Å²) in [4.78, 5) is 8.15. The lowest BCUT2D eigenvalue weighted by Gasteiger charge is -2.11. The number of nitriles is 1. The zero-order chi connectivity index (χ0) is 13.7. The molecular formula is C12H12N6O. The molecule has 0 spiro atoms. The maximum Gasteiger partial charge on any atom is 0.160 e. The third kappa shape index (κ3) is 2.88. The van der Waals surface area contributed by atoms with Gasteiger partial charge in [-0.25, -0.2) is 10.8 Å². The minimum atomic E-state index is 0.442. The van der Waals surface area contributed by atoms with Gasteiger partial charge >= 0.3 is 0 Å². The Morgan fingerprint density at radius 1 is 1.32 bits per heavy atom. The van der Waals surface area contributed by atoms with Crippen LogP contribution >= 0.6 is 0 Å². The Bertz CT molecular complexity index is 622. The molecule has 96 valence electrons. The number of nitrogens with zero attached hydrogens (tertiary/aromatic N) is 3. The first-order chi connectivity index (χ1) is 9.26. The molecule has 7 heteroatoms. The number of nitrogens with one attached hydrogen (secondary N) is 2. The number of aromatic nitrogens is 2. The first-order valence-corrected chi connectivity index (χ1v) is 5.40. The molecule has 4 N–H and O–H groups in total. The molecule has 0 unspecified atom stereocenters. The molecule has 0 aliphatic carbocycles. The molecule has 1 aromatic heterocycles. The van der Waals surface area contributed by atoms with Gasteiger partial charge in [-0.3, -0.25) is 4.98 Å². The van der Waals surface area contributed by atoms with Crippen LogP contribution in [0.15, 0.2) is 30.6 Å². The van der Waals surface area contributed by atoms with Crippen LogP contribution in [0.25, 0.3) is 0 Å². The van der Waals surface area contributed by atoms with Crippen molar-refractivity contribution in [2.45, 2.75) is 0 Å². The molecule has 0 aliphatic rings. The molecule has 0 aliphatic heterocycles. The normalized spacial score (nSPS) is 9.53. The van der Waals surface area contributed by atoms with Crippen molar-refractivity contribution in [2.75, 3.05) is 17.9 Å². The average Bonchev–Trinajstić information content (AvgIpc) is 2.48. The fourth-order valence-corrected chi connectivity index (χ4v) is 1.50. The molecule has 0 saturated carbocycles. The second-order valence-corrected chi connectivity index (χ2v) is 3.59. The number of hydrazine groups is 1. The maximum atomic E-state index is 8.84. The van der Waals surface area contributed by atoms with E-state index in [4.69, 9.17) is 15.8 Å². The van der Waals surface area contributed by atoms with E-state index in [0.29, 0.717) is 28.6 Å². The van der Waals surface area contributed by atoms with Crippen LogP contribution in [0.2, 0.25) is 0 Å². The van der Waals surface area contributed by atoms with Gasteiger partial charge in [0.05, 0.1) is 36.8 Å². The van der Waals surface area contributed by atoms with E-state index in [9.17, 15) is 0 Å². The lowest BCUT2D eigenvalue weighted by atomic mass is 10.2. The van der Waals surface area contributed by atoms with Crippen molar-refractivity contribution >= 4 is 17.3 Å². The molecule has 0 radical (unpaired) electrons. The number of rotatable bonds is 4. The number of anilines is 3. The summed E-state index contributed by atoms with van der Waals surface area (Å²) in [6.45, 7) is 0. The second kappa shape index (κ2) is 5.66. The number of hydrogen-bond donors (Lipinski definition) is 3. The van der Waals surface area contributed by atoms with Crippen LogP contribution in [-0.4, -0.2) is 17.1 Å². The molecule has 0 amide bonds. The zero-order valence-electron chi connectivity index (χ0n) is 10.2. The SMILES string of the molecule is COc1cc(C#N)ccc1Nc1cncc(NN)n1. The van der Waals surface area contributed by atoms with E-state index in [1.165, 1.54) is 13.3 Å². The molecule has 0 saturated heterocycles. The zero-order valence-corrected chi connectivity index (χ0v) is 10.2. The number of methoxy groups -OCH3 is 1. The lowest BCUT2D eigenvalue weighted by molar-refractivity contribution is 0.416. The van der Waals surface area contributed by atoms with E-state index in [-0.39, 0.29) is 0 Å². The molecule has 2 aromatic rings. The first-order valence-electron chi connectivity index (χ1n) is 5.40. The molecule has 0 fully saturated rings. The number of hydrogen-bond acceptors (Lipinski definition) is 7. The van der Waals surface area contributed by atoms with Gasteiger partial charge < -0.3 is 15.5 Å². The predicted molar refractivity (Wildman–Crippen MR) is 70.8 cm³/mol. The van der Waals surface area contributed by atoms with Gasteiger partial charge in [-0.15, -0.1) is 0 Å². The summed E-state index contributed by atoms with van der Waals surface area (Å²) in [6.07, 6.45) is 3.06. The van der Waals surface area contributed by atoms with Crippen LogP contribution in [0, 0.1) is 11.3 Å². The summed E-state index contributed by atoms with van der Waals surface area (Å²) in [6, 6.07) is 7.11. The van der Waals surface area contributed by atoms with Crippen LogP contribution in [0.4, 0.5) is 17.3 Å². The van der Waals surface area contributed by atoms with Gasteiger partial charge in [0.1, 0.15) is 5.75 Å². The molecule has 7 nitrogen and oxygen atoms in total. The summed E-state index contributed by atoms with van der Waals surface area (Å²) in [5.74, 6) is 6.77. The fraction of sp³-hybridized carbons (Fsp3) is 0.0833. The van der Waals surface area contributed by atoms with Crippen molar-refractivity contribution in [1.82, 2.24) is 9.97 Å². The van der Waals surface area contributed by atoms with Crippen LogP contribution < -0.4 is 21.3 Å². The van der Waals surface area contributed by atoms with E-state index in [0.717, 1.165) is 0 Å². The van der Waals surface area contributed by atoms with Crippen molar-refractivity contribution < 1.29 is 4.74 Å². The van der Waals surface area contributed by atoms with Gasteiger partial charge in [-0.05, 0) is 12.1 Å². The van der Waals surface area contributed by atoms with Gasteiger partial charge in [0.15, 0.2) is 11.6 Å². The van der Waals surface area contributed by atoms with Gasteiger partial charge in [0.2, 0.25) is 0 Å². The second-order valence-electron chi connectivity index (χ2n) is 3.59. The third-order valence-corrected chi connectivity index (χ3v) is 2.38. The number of benzene rings is 1. The quantitative estimate of drug-likeness (QED) is 0.560. The Kier molecular flexibility index (Phi) is 3.75. The highest BCUT2D eigenvalue weighted by atomic mass is 16.5. The minimum absolute atomic E-state index is 0.442. The Hall–Kier alpha value is -2.85. The van der Waals surface area contributed by atoms with Crippen molar-refractivity contribution in [3.05, 3.63) is 36.2 Å². The number of ether oxygens (including phenoxy) is 1. The Morgan fingerprint density at radius 2 is 2.11 bits per heavy atom. The number of nitrogen functional groups attached to an aromatic ring is 1. The summed E-state index contributed by atoms with van der Waals surface area (Å²) >= 11 is 0.